The van der Waals surface area contributed by atoms with Crippen molar-refractivity contribution in [3.8, 4) is 0 Å². The molecular formula is C23H21Cl2N5O3. The summed E-state index contributed by atoms with van der Waals surface area (Å²) in [6.45, 7) is 2.44. The van der Waals surface area contributed by atoms with Crippen molar-refractivity contribution in [2.75, 3.05) is 26.2 Å². The second-order valence-corrected chi connectivity index (χ2v) is 8.89. The molecule has 3 aromatic rings. The van der Waals surface area contributed by atoms with Crippen LogP contribution in [0, 0.1) is 0 Å². The zero-order valence-electron chi connectivity index (χ0n) is 17.7. The summed E-state index contributed by atoms with van der Waals surface area (Å²) < 4.78 is 7.73. The van der Waals surface area contributed by atoms with Crippen LogP contribution in [0.25, 0.3) is 0 Å². The number of rotatable bonds is 3. The van der Waals surface area contributed by atoms with E-state index in [-0.39, 0.29) is 24.5 Å². The lowest BCUT2D eigenvalue weighted by molar-refractivity contribution is -0.00202. The molecule has 0 spiro atoms. The Morgan fingerprint density at radius 3 is 2.30 bits per heavy atom. The Morgan fingerprint density at radius 2 is 1.61 bits per heavy atom. The number of carbonyl (C=O) groups is 2. The van der Waals surface area contributed by atoms with E-state index in [1.165, 1.54) is 0 Å². The summed E-state index contributed by atoms with van der Waals surface area (Å²) in [5, 5.41) is 9.53. The van der Waals surface area contributed by atoms with Gasteiger partial charge in [-0.2, -0.15) is 0 Å². The van der Waals surface area contributed by atoms with Gasteiger partial charge >= 0.3 is 0 Å². The second kappa shape index (κ2) is 9.13. The smallest absolute Gasteiger partial charge is 0.276 e. The number of ether oxygens (including phenoxy) is 1. The predicted octanol–water partition coefficient (Wildman–Crippen LogP) is 3.45. The highest BCUT2D eigenvalue weighted by molar-refractivity contribution is 6.31. The number of aromatic nitrogens is 3. The zero-order valence-corrected chi connectivity index (χ0v) is 19.2. The largest absolute Gasteiger partial charge is 0.365 e. The Morgan fingerprint density at radius 1 is 0.909 bits per heavy atom. The average Bonchev–Trinajstić information content (AvgIpc) is 3.27. The summed E-state index contributed by atoms with van der Waals surface area (Å²) in [5.41, 5.74) is 2.51. The topological polar surface area (TPSA) is 80.6 Å². The van der Waals surface area contributed by atoms with Gasteiger partial charge in [-0.15, -0.1) is 5.10 Å². The Labute approximate surface area is 200 Å². The summed E-state index contributed by atoms with van der Waals surface area (Å²) in [4.78, 5) is 29.3. The van der Waals surface area contributed by atoms with Gasteiger partial charge < -0.3 is 14.5 Å². The number of halogens is 2. The van der Waals surface area contributed by atoms with Crippen LogP contribution in [0.4, 0.5) is 0 Å². The van der Waals surface area contributed by atoms with Gasteiger partial charge in [-0.05, 0) is 35.9 Å². The van der Waals surface area contributed by atoms with Crippen LogP contribution in [-0.4, -0.2) is 62.8 Å². The van der Waals surface area contributed by atoms with Gasteiger partial charge in [0.05, 0.1) is 18.8 Å². The minimum atomic E-state index is -0.195. The minimum absolute atomic E-state index is 0.0905. The third-order valence-electron chi connectivity index (χ3n) is 5.97. The van der Waals surface area contributed by atoms with Crippen LogP contribution in [0.2, 0.25) is 10.0 Å². The van der Waals surface area contributed by atoms with Gasteiger partial charge in [-0.1, -0.05) is 46.6 Å². The first-order valence-electron chi connectivity index (χ1n) is 10.6. The minimum Gasteiger partial charge on any atom is -0.365 e. The van der Waals surface area contributed by atoms with Crippen molar-refractivity contribution >= 4 is 35.0 Å². The lowest BCUT2D eigenvalue weighted by atomic mass is 10.1. The summed E-state index contributed by atoms with van der Waals surface area (Å²) in [6.07, 6.45) is -0.180. The first kappa shape index (κ1) is 21.9. The van der Waals surface area contributed by atoms with E-state index in [1.807, 2.05) is 24.3 Å². The van der Waals surface area contributed by atoms with Crippen molar-refractivity contribution in [2.45, 2.75) is 19.3 Å². The van der Waals surface area contributed by atoms with Gasteiger partial charge in [0.1, 0.15) is 6.10 Å². The number of amides is 2. The molecule has 1 saturated heterocycles. The molecule has 2 aromatic carbocycles. The average molecular weight is 486 g/mol. The molecule has 2 aliphatic heterocycles. The summed E-state index contributed by atoms with van der Waals surface area (Å²) in [7, 11) is 0. The number of carbonyl (C=O) groups excluding carboxylic acids is 2. The van der Waals surface area contributed by atoms with Crippen molar-refractivity contribution < 1.29 is 14.3 Å². The first-order chi connectivity index (χ1) is 16.0. The molecule has 0 radical (unpaired) electrons. The molecule has 2 amide bonds. The normalized spacial score (nSPS) is 18.2. The first-order valence-corrected chi connectivity index (χ1v) is 11.4. The maximum atomic E-state index is 13.1. The molecule has 5 rings (SSSR count). The molecule has 1 unspecified atom stereocenters. The molecule has 170 valence electrons. The van der Waals surface area contributed by atoms with E-state index in [4.69, 9.17) is 27.9 Å². The molecule has 0 saturated carbocycles. The second-order valence-electron chi connectivity index (χ2n) is 8.01. The van der Waals surface area contributed by atoms with Crippen LogP contribution in [0.1, 0.15) is 38.2 Å². The number of fused-ring (bicyclic) bond motifs is 1. The summed E-state index contributed by atoms with van der Waals surface area (Å²) in [6, 6.07) is 14.4. The van der Waals surface area contributed by atoms with E-state index in [0.717, 1.165) is 5.56 Å². The molecular weight excluding hydrogens is 465 g/mol. The maximum Gasteiger partial charge on any atom is 0.276 e. The van der Waals surface area contributed by atoms with E-state index in [2.05, 4.69) is 10.3 Å². The fraction of sp³-hybridized carbons (Fsp3) is 0.304. The SMILES string of the molecule is O=C(c1cccc(Cl)c1)N1CCN(C(=O)c2nnn3c2COC(c2ccc(Cl)cc2)C3)CC1. The predicted molar refractivity (Wildman–Crippen MR) is 122 cm³/mol. The molecule has 33 heavy (non-hydrogen) atoms. The van der Waals surface area contributed by atoms with Gasteiger partial charge in [-0.3, -0.25) is 9.59 Å². The Bertz CT molecular complexity index is 1190. The van der Waals surface area contributed by atoms with Gasteiger partial charge in [0, 0.05) is 41.8 Å². The van der Waals surface area contributed by atoms with E-state index in [0.29, 0.717) is 59.7 Å². The highest BCUT2D eigenvalue weighted by atomic mass is 35.5. The molecule has 8 nitrogen and oxygen atoms in total. The molecule has 1 atom stereocenters. The van der Waals surface area contributed by atoms with E-state index < -0.39 is 0 Å². The Kier molecular flexibility index (Phi) is 6.05. The van der Waals surface area contributed by atoms with Crippen molar-refractivity contribution in [2.24, 2.45) is 0 Å². The standard InChI is InChI=1S/C23H21Cl2N5O3/c24-17-6-4-15(5-7-17)20-13-30-19(14-33-20)21(26-27-30)23(32)29-10-8-28(9-11-29)22(31)16-2-1-3-18(25)12-16/h1-7,12,20H,8-11,13-14H2. The zero-order chi connectivity index (χ0) is 22.9. The Hall–Kier alpha value is -2.94. The van der Waals surface area contributed by atoms with Crippen LogP contribution in [0.5, 0.6) is 0 Å². The van der Waals surface area contributed by atoms with Crippen LogP contribution < -0.4 is 0 Å². The molecule has 0 aliphatic carbocycles. The van der Waals surface area contributed by atoms with Crippen LogP contribution in [0.3, 0.4) is 0 Å². The highest BCUT2D eigenvalue weighted by Crippen LogP contribution is 2.28. The fourth-order valence-corrected chi connectivity index (χ4v) is 4.44. The molecule has 3 heterocycles. The number of benzene rings is 2. The summed E-state index contributed by atoms with van der Waals surface area (Å²) in [5.74, 6) is -0.285. The van der Waals surface area contributed by atoms with Gasteiger partial charge in [0.2, 0.25) is 0 Å². The maximum absolute atomic E-state index is 13.1. The lowest BCUT2D eigenvalue weighted by Crippen LogP contribution is -2.50. The van der Waals surface area contributed by atoms with Crippen molar-refractivity contribution in [1.29, 1.82) is 0 Å². The van der Waals surface area contributed by atoms with Gasteiger partial charge in [0.25, 0.3) is 11.8 Å². The molecule has 10 heteroatoms. The molecule has 0 N–H and O–H groups in total. The number of piperazine rings is 1. The third kappa shape index (κ3) is 4.46. The molecule has 1 aromatic heterocycles. The monoisotopic (exact) mass is 485 g/mol. The van der Waals surface area contributed by atoms with Crippen molar-refractivity contribution in [3.05, 3.63) is 81.1 Å². The van der Waals surface area contributed by atoms with Crippen LogP contribution in [0.15, 0.2) is 48.5 Å². The highest BCUT2D eigenvalue weighted by Gasteiger charge is 2.32. The fourth-order valence-electron chi connectivity index (χ4n) is 4.12. The van der Waals surface area contributed by atoms with Gasteiger partial charge in [0.15, 0.2) is 5.69 Å². The number of hydrogen-bond acceptors (Lipinski definition) is 5. The van der Waals surface area contributed by atoms with Crippen molar-refractivity contribution in [3.63, 3.8) is 0 Å². The third-order valence-corrected chi connectivity index (χ3v) is 6.45. The molecule has 1 fully saturated rings. The quantitative estimate of drug-likeness (QED) is 0.567. The molecule has 2 aliphatic rings. The van der Waals surface area contributed by atoms with Crippen LogP contribution in [-0.2, 0) is 17.9 Å². The van der Waals surface area contributed by atoms with Crippen LogP contribution >= 0.6 is 23.2 Å². The Balaban J connectivity index is 1.23. The van der Waals surface area contributed by atoms with E-state index >= 15 is 0 Å². The number of hydrogen-bond donors (Lipinski definition) is 0. The lowest BCUT2D eigenvalue weighted by Gasteiger charge is -2.34. The van der Waals surface area contributed by atoms with Gasteiger partial charge in [-0.25, -0.2) is 4.68 Å². The van der Waals surface area contributed by atoms with Crippen molar-refractivity contribution in [1.82, 2.24) is 24.8 Å². The number of nitrogens with zero attached hydrogens (tertiary/aromatic N) is 5. The van der Waals surface area contributed by atoms with E-state index in [9.17, 15) is 9.59 Å². The van der Waals surface area contributed by atoms with E-state index in [1.54, 1.807) is 38.7 Å². The molecule has 0 bridgehead atoms. The summed E-state index contributed by atoms with van der Waals surface area (Å²) >= 11 is 12.0.